The van der Waals surface area contributed by atoms with Crippen molar-refractivity contribution in [3.8, 4) is 0 Å². The van der Waals surface area contributed by atoms with Crippen LogP contribution in [0.4, 0.5) is 0 Å². The molecule has 2 rings (SSSR count). The maximum Gasteiger partial charge on any atom is 0.0582 e. The summed E-state index contributed by atoms with van der Waals surface area (Å²) in [4.78, 5) is 0. The number of allylic oxidation sites excluding steroid dienone is 1. The van der Waals surface area contributed by atoms with Crippen molar-refractivity contribution >= 4 is 0 Å². The molecule has 0 aliphatic heterocycles. The van der Waals surface area contributed by atoms with Crippen LogP contribution in [0.25, 0.3) is 0 Å². The lowest BCUT2D eigenvalue weighted by Crippen LogP contribution is -2.50. The van der Waals surface area contributed by atoms with E-state index in [1.165, 1.54) is 31.3 Å². The molecule has 2 fully saturated rings. The smallest absolute Gasteiger partial charge is 0.0582 e. The molecule has 0 aromatic rings. The Bertz CT molecular complexity index is 193. The van der Waals surface area contributed by atoms with Gasteiger partial charge < -0.3 is 4.74 Å². The minimum Gasteiger partial charge on any atom is -0.381 e. The van der Waals surface area contributed by atoms with E-state index >= 15 is 0 Å². The van der Waals surface area contributed by atoms with Gasteiger partial charge in [0.25, 0.3) is 0 Å². The summed E-state index contributed by atoms with van der Waals surface area (Å²) in [5.74, 6) is 0.822. The van der Waals surface area contributed by atoms with Crippen LogP contribution in [0.2, 0.25) is 0 Å². The monoisotopic (exact) mass is 166 g/mol. The summed E-state index contributed by atoms with van der Waals surface area (Å²) in [6.45, 7) is 6.17. The average Bonchev–Trinajstić information content (AvgIpc) is 1.81. The molecule has 0 saturated heterocycles. The molecule has 0 unspecified atom stereocenters. The van der Waals surface area contributed by atoms with Crippen molar-refractivity contribution in [1.29, 1.82) is 0 Å². The van der Waals surface area contributed by atoms with Crippen molar-refractivity contribution in [2.24, 2.45) is 11.3 Å². The quantitative estimate of drug-likeness (QED) is 0.573. The van der Waals surface area contributed by atoms with Gasteiger partial charge in [0, 0.05) is 7.11 Å². The minimum absolute atomic E-state index is 0.566. The Labute approximate surface area is 74.8 Å². The van der Waals surface area contributed by atoms with Crippen LogP contribution in [0, 0.1) is 11.3 Å². The summed E-state index contributed by atoms with van der Waals surface area (Å²) in [6, 6.07) is 0. The molecule has 12 heavy (non-hydrogen) atoms. The summed E-state index contributed by atoms with van der Waals surface area (Å²) in [5, 5.41) is 0. The van der Waals surface area contributed by atoms with E-state index in [9.17, 15) is 0 Å². The molecule has 0 bridgehead atoms. The van der Waals surface area contributed by atoms with Crippen molar-refractivity contribution < 1.29 is 4.74 Å². The Morgan fingerprint density at radius 3 is 2.33 bits per heavy atom. The van der Waals surface area contributed by atoms with Gasteiger partial charge in [-0.2, -0.15) is 0 Å². The SMILES string of the molecule is C=C(C)C1CC2(CC(OC)C2)C1. The largest absolute Gasteiger partial charge is 0.381 e. The third-order valence-corrected chi connectivity index (χ3v) is 3.71. The van der Waals surface area contributed by atoms with Gasteiger partial charge in [0.05, 0.1) is 6.10 Å². The van der Waals surface area contributed by atoms with Gasteiger partial charge in [0.15, 0.2) is 0 Å². The first-order chi connectivity index (χ1) is 5.65. The van der Waals surface area contributed by atoms with Gasteiger partial charge in [-0.25, -0.2) is 0 Å². The third-order valence-electron chi connectivity index (χ3n) is 3.71. The van der Waals surface area contributed by atoms with Gasteiger partial charge in [-0.15, -0.1) is 0 Å². The van der Waals surface area contributed by atoms with Gasteiger partial charge in [-0.1, -0.05) is 12.2 Å². The fraction of sp³-hybridized carbons (Fsp3) is 0.818. The zero-order valence-corrected chi connectivity index (χ0v) is 8.10. The second-order valence-corrected chi connectivity index (χ2v) is 4.72. The summed E-state index contributed by atoms with van der Waals surface area (Å²) in [7, 11) is 1.83. The Hall–Kier alpha value is -0.300. The predicted molar refractivity (Wildman–Crippen MR) is 50.0 cm³/mol. The highest BCUT2D eigenvalue weighted by Gasteiger charge is 2.52. The Kier molecular flexibility index (Phi) is 1.80. The minimum atomic E-state index is 0.566. The first-order valence-electron chi connectivity index (χ1n) is 4.83. The van der Waals surface area contributed by atoms with Crippen LogP contribution in [-0.4, -0.2) is 13.2 Å². The highest BCUT2D eigenvalue weighted by atomic mass is 16.5. The van der Waals surface area contributed by atoms with Gasteiger partial charge in [0.2, 0.25) is 0 Å². The normalized spacial score (nSPS) is 45.2. The van der Waals surface area contributed by atoms with E-state index in [0.29, 0.717) is 11.5 Å². The summed E-state index contributed by atoms with van der Waals surface area (Å²) >= 11 is 0. The molecule has 0 N–H and O–H groups in total. The lowest BCUT2D eigenvalue weighted by Gasteiger charge is -2.57. The number of ether oxygens (including phenoxy) is 1. The lowest BCUT2D eigenvalue weighted by atomic mass is 9.49. The molecule has 0 aromatic carbocycles. The van der Waals surface area contributed by atoms with Crippen LogP contribution in [0.5, 0.6) is 0 Å². The van der Waals surface area contributed by atoms with E-state index in [0.717, 1.165) is 5.92 Å². The molecule has 1 heteroatoms. The van der Waals surface area contributed by atoms with E-state index in [4.69, 9.17) is 4.74 Å². The van der Waals surface area contributed by atoms with Crippen molar-refractivity contribution in [3.05, 3.63) is 12.2 Å². The van der Waals surface area contributed by atoms with Gasteiger partial charge >= 0.3 is 0 Å². The van der Waals surface area contributed by atoms with Crippen LogP contribution < -0.4 is 0 Å². The maximum atomic E-state index is 5.29. The molecule has 2 aliphatic carbocycles. The Morgan fingerprint density at radius 2 is 1.92 bits per heavy atom. The van der Waals surface area contributed by atoms with Crippen molar-refractivity contribution in [3.63, 3.8) is 0 Å². The zero-order chi connectivity index (χ0) is 8.77. The van der Waals surface area contributed by atoms with E-state index in [2.05, 4.69) is 13.5 Å². The molecule has 1 nitrogen and oxygen atoms in total. The van der Waals surface area contributed by atoms with Gasteiger partial charge in [-0.05, 0) is 43.9 Å². The number of hydrogen-bond acceptors (Lipinski definition) is 1. The molecule has 1 spiro atoms. The highest BCUT2D eigenvalue weighted by Crippen LogP contribution is 2.60. The maximum absolute atomic E-state index is 5.29. The molecular weight excluding hydrogens is 148 g/mol. The van der Waals surface area contributed by atoms with Crippen LogP contribution in [0.1, 0.15) is 32.6 Å². The second kappa shape index (κ2) is 2.59. The molecular formula is C11H18O. The summed E-state index contributed by atoms with van der Waals surface area (Å²) in [6.07, 6.45) is 5.92. The van der Waals surface area contributed by atoms with Crippen LogP contribution in [0.3, 0.4) is 0 Å². The second-order valence-electron chi connectivity index (χ2n) is 4.72. The van der Waals surface area contributed by atoms with Crippen molar-refractivity contribution in [2.45, 2.75) is 38.7 Å². The molecule has 0 aromatic heterocycles. The number of hydrogen-bond donors (Lipinski definition) is 0. The first kappa shape index (κ1) is 8.31. The first-order valence-corrected chi connectivity index (χ1v) is 4.83. The summed E-state index contributed by atoms with van der Waals surface area (Å²) < 4.78 is 5.29. The van der Waals surface area contributed by atoms with Crippen LogP contribution in [-0.2, 0) is 4.74 Å². The van der Waals surface area contributed by atoms with E-state index < -0.39 is 0 Å². The van der Waals surface area contributed by atoms with E-state index in [1.807, 2.05) is 7.11 Å². The third kappa shape index (κ3) is 1.11. The van der Waals surface area contributed by atoms with Gasteiger partial charge in [-0.3, -0.25) is 0 Å². The standard InChI is InChI=1S/C11H18O/c1-8(2)9-4-11(5-9)6-10(7-11)12-3/h9-10H,1,4-7H2,2-3H3. The average molecular weight is 166 g/mol. The fourth-order valence-electron chi connectivity index (χ4n) is 2.74. The highest BCUT2D eigenvalue weighted by molar-refractivity contribution is 5.12. The Morgan fingerprint density at radius 1 is 1.33 bits per heavy atom. The lowest BCUT2D eigenvalue weighted by molar-refractivity contribution is -0.118. The van der Waals surface area contributed by atoms with Crippen molar-refractivity contribution in [1.82, 2.24) is 0 Å². The molecule has 2 aliphatic rings. The molecule has 0 heterocycles. The fourth-order valence-corrected chi connectivity index (χ4v) is 2.74. The van der Waals surface area contributed by atoms with E-state index in [1.54, 1.807) is 0 Å². The Balaban J connectivity index is 1.79. The molecule has 2 saturated carbocycles. The summed E-state index contributed by atoms with van der Waals surface area (Å²) in [5.41, 5.74) is 2.06. The zero-order valence-electron chi connectivity index (χ0n) is 8.10. The molecule has 0 amide bonds. The van der Waals surface area contributed by atoms with Gasteiger partial charge in [0.1, 0.15) is 0 Å². The predicted octanol–water partition coefficient (Wildman–Crippen LogP) is 2.77. The van der Waals surface area contributed by atoms with Crippen molar-refractivity contribution in [2.75, 3.05) is 7.11 Å². The molecule has 0 atom stereocenters. The van der Waals surface area contributed by atoms with Crippen LogP contribution >= 0.6 is 0 Å². The molecule has 0 radical (unpaired) electrons. The topological polar surface area (TPSA) is 9.23 Å². The molecule has 68 valence electrons. The van der Waals surface area contributed by atoms with E-state index in [-0.39, 0.29) is 0 Å². The number of rotatable bonds is 2. The number of methoxy groups -OCH3 is 1. The van der Waals surface area contributed by atoms with Crippen LogP contribution in [0.15, 0.2) is 12.2 Å².